The fourth-order valence-corrected chi connectivity index (χ4v) is 4.20. The second-order valence-electron chi connectivity index (χ2n) is 7.42. The van der Waals surface area contributed by atoms with Gasteiger partial charge >= 0.3 is 0 Å². The summed E-state index contributed by atoms with van der Waals surface area (Å²) in [6, 6.07) is 11.1. The van der Waals surface area contributed by atoms with Crippen molar-refractivity contribution in [2.24, 2.45) is 0 Å². The first kappa shape index (κ1) is 17.0. The number of hydrogen-bond donors (Lipinski definition) is 2. The van der Waals surface area contributed by atoms with Crippen molar-refractivity contribution in [2.45, 2.75) is 75.9 Å². The Labute approximate surface area is 144 Å². The lowest BCUT2D eigenvalue weighted by atomic mass is 9.82. The summed E-state index contributed by atoms with van der Waals surface area (Å²) in [6.07, 6.45) is 8.22. The van der Waals surface area contributed by atoms with Crippen LogP contribution < -0.4 is 10.6 Å². The summed E-state index contributed by atoms with van der Waals surface area (Å²) in [7, 11) is 0. The Hall–Kier alpha value is -1.86. The van der Waals surface area contributed by atoms with Crippen LogP contribution in [0.4, 0.5) is 0 Å². The molecule has 2 atom stereocenters. The number of carbonyl (C=O) groups excluding carboxylic acids is 1. The molecule has 0 radical (unpaired) electrons. The molecule has 2 aliphatic carbocycles. The minimum Gasteiger partial charge on any atom is -0.333 e. The van der Waals surface area contributed by atoms with E-state index in [-0.39, 0.29) is 11.9 Å². The Balaban J connectivity index is 1.64. The Kier molecular flexibility index (Phi) is 5.20. The molecule has 3 N–H and O–H groups in total. The van der Waals surface area contributed by atoms with E-state index in [2.05, 4.69) is 41.0 Å². The lowest BCUT2D eigenvalue weighted by Gasteiger charge is -2.33. The molecule has 2 aliphatic rings. The highest BCUT2D eigenvalue weighted by molar-refractivity contribution is 5.81. The van der Waals surface area contributed by atoms with E-state index >= 15 is 0 Å². The standard InChI is InChI=1S/C20H27N3O/c1-15(19(24)23-20(14-21)12-5-2-6-13-20)22-18-11-7-9-16-8-3-4-10-17(16)18/h3-4,8,10,15,18,22H,2,5-7,9,11-13H2,1H3,(H,23,24)/p+1/t15-,18-/m1/s1. The maximum Gasteiger partial charge on any atom is 0.279 e. The van der Waals surface area contributed by atoms with Gasteiger partial charge < -0.3 is 10.6 Å². The average molecular weight is 326 g/mol. The van der Waals surface area contributed by atoms with Gasteiger partial charge in [0.15, 0.2) is 6.04 Å². The average Bonchev–Trinajstić information content (AvgIpc) is 2.62. The zero-order valence-electron chi connectivity index (χ0n) is 14.6. The van der Waals surface area contributed by atoms with Crippen molar-refractivity contribution >= 4 is 5.91 Å². The molecule has 24 heavy (non-hydrogen) atoms. The number of quaternary nitrogens is 1. The third-order valence-corrected chi connectivity index (χ3v) is 5.63. The molecule has 4 heteroatoms. The number of nitrogens with two attached hydrogens (primary N) is 1. The SMILES string of the molecule is C[C@@H]([NH2+][C@@H]1CCCc2ccccc21)C(=O)NC1(C#N)CCCCC1. The summed E-state index contributed by atoms with van der Waals surface area (Å²) < 4.78 is 0. The van der Waals surface area contributed by atoms with Gasteiger partial charge in [-0.1, -0.05) is 43.5 Å². The molecule has 0 aromatic heterocycles. The van der Waals surface area contributed by atoms with Gasteiger partial charge in [-0.3, -0.25) is 4.79 Å². The molecule has 0 unspecified atom stereocenters. The van der Waals surface area contributed by atoms with Gasteiger partial charge in [-0.05, 0) is 38.2 Å². The molecule has 1 amide bonds. The third kappa shape index (κ3) is 3.62. The zero-order valence-corrected chi connectivity index (χ0v) is 14.6. The monoisotopic (exact) mass is 326 g/mol. The predicted molar refractivity (Wildman–Crippen MR) is 93.1 cm³/mol. The summed E-state index contributed by atoms with van der Waals surface area (Å²) in [5.74, 6) is 0.00139. The van der Waals surface area contributed by atoms with Crippen LogP contribution in [0.25, 0.3) is 0 Å². The smallest absolute Gasteiger partial charge is 0.279 e. The normalized spacial score (nSPS) is 23.6. The maximum atomic E-state index is 12.7. The third-order valence-electron chi connectivity index (χ3n) is 5.63. The van der Waals surface area contributed by atoms with Crippen molar-refractivity contribution < 1.29 is 10.1 Å². The number of nitrogens with one attached hydrogen (secondary N) is 1. The molecule has 0 bridgehead atoms. The Morgan fingerprint density at radius 1 is 1.29 bits per heavy atom. The van der Waals surface area contributed by atoms with Gasteiger partial charge in [0, 0.05) is 12.0 Å². The topological polar surface area (TPSA) is 69.5 Å². The van der Waals surface area contributed by atoms with Crippen LogP contribution in [-0.2, 0) is 11.2 Å². The zero-order chi connectivity index (χ0) is 17.0. The van der Waals surface area contributed by atoms with E-state index in [0.29, 0.717) is 6.04 Å². The number of carbonyl (C=O) groups is 1. The highest BCUT2D eigenvalue weighted by atomic mass is 16.2. The molecular formula is C20H28N3O+. The van der Waals surface area contributed by atoms with Gasteiger partial charge in [0.05, 0.1) is 6.07 Å². The number of hydrogen-bond acceptors (Lipinski definition) is 2. The number of fused-ring (bicyclic) bond motifs is 1. The molecule has 1 fully saturated rings. The molecular weight excluding hydrogens is 298 g/mol. The number of amides is 1. The van der Waals surface area contributed by atoms with Crippen LogP contribution in [-0.4, -0.2) is 17.5 Å². The van der Waals surface area contributed by atoms with Crippen LogP contribution in [0.3, 0.4) is 0 Å². The molecule has 4 nitrogen and oxygen atoms in total. The first-order chi connectivity index (χ1) is 11.6. The van der Waals surface area contributed by atoms with E-state index < -0.39 is 5.54 Å². The van der Waals surface area contributed by atoms with Crippen LogP contribution >= 0.6 is 0 Å². The second kappa shape index (κ2) is 7.36. The summed E-state index contributed by atoms with van der Waals surface area (Å²) >= 11 is 0. The number of nitriles is 1. The first-order valence-electron chi connectivity index (χ1n) is 9.30. The van der Waals surface area contributed by atoms with Crippen LogP contribution in [0.1, 0.15) is 69.0 Å². The molecule has 0 spiro atoms. The molecule has 128 valence electrons. The molecule has 1 aromatic rings. The highest BCUT2D eigenvalue weighted by Crippen LogP contribution is 2.28. The van der Waals surface area contributed by atoms with Crippen molar-refractivity contribution in [2.75, 3.05) is 0 Å². The summed E-state index contributed by atoms with van der Waals surface area (Å²) in [4.78, 5) is 12.7. The number of benzene rings is 1. The number of rotatable bonds is 4. The van der Waals surface area contributed by atoms with Crippen molar-refractivity contribution in [1.29, 1.82) is 5.26 Å². The van der Waals surface area contributed by atoms with E-state index in [9.17, 15) is 10.1 Å². The van der Waals surface area contributed by atoms with E-state index in [0.717, 1.165) is 38.5 Å². The summed E-state index contributed by atoms with van der Waals surface area (Å²) in [5, 5.41) is 14.8. The van der Waals surface area contributed by atoms with Crippen LogP contribution in [0.15, 0.2) is 24.3 Å². The molecule has 3 rings (SSSR count). The Morgan fingerprint density at radius 2 is 2.04 bits per heavy atom. The quantitative estimate of drug-likeness (QED) is 0.892. The lowest BCUT2D eigenvalue weighted by molar-refractivity contribution is -0.714. The number of aryl methyl sites for hydroxylation is 1. The van der Waals surface area contributed by atoms with Gasteiger partial charge in [0.2, 0.25) is 0 Å². The van der Waals surface area contributed by atoms with E-state index in [1.807, 2.05) is 6.92 Å². The maximum absolute atomic E-state index is 12.7. The summed E-state index contributed by atoms with van der Waals surface area (Å²) in [5.41, 5.74) is 2.15. The molecule has 0 heterocycles. The Morgan fingerprint density at radius 3 is 2.79 bits per heavy atom. The molecule has 0 aliphatic heterocycles. The van der Waals surface area contributed by atoms with Crippen LogP contribution in [0.5, 0.6) is 0 Å². The van der Waals surface area contributed by atoms with Gasteiger partial charge in [0.1, 0.15) is 11.6 Å². The fourth-order valence-electron chi connectivity index (χ4n) is 4.20. The minimum atomic E-state index is -0.637. The summed E-state index contributed by atoms with van der Waals surface area (Å²) in [6.45, 7) is 1.96. The molecule has 1 aromatic carbocycles. The van der Waals surface area contributed by atoms with Crippen LogP contribution in [0.2, 0.25) is 0 Å². The van der Waals surface area contributed by atoms with E-state index in [1.54, 1.807) is 0 Å². The first-order valence-corrected chi connectivity index (χ1v) is 9.30. The largest absolute Gasteiger partial charge is 0.333 e. The lowest BCUT2D eigenvalue weighted by Crippen LogP contribution is -2.93. The van der Waals surface area contributed by atoms with Crippen molar-refractivity contribution in [1.82, 2.24) is 5.32 Å². The van der Waals surface area contributed by atoms with E-state index in [4.69, 9.17) is 0 Å². The molecule has 0 saturated heterocycles. The Bertz CT molecular complexity index is 628. The number of nitrogens with zero attached hydrogens (tertiary/aromatic N) is 1. The van der Waals surface area contributed by atoms with Crippen molar-refractivity contribution in [3.63, 3.8) is 0 Å². The van der Waals surface area contributed by atoms with Gasteiger partial charge in [-0.2, -0.15) is 5.26 Å². The van der Waals surface area contributed by atoms with Gasteiger partial charge in [-0.25, -0.2) is 0 Å². The van der Waals surface area contributed by atoms with Gasteiger partial charge in [-0.15, -0.1) is 0 Å². The van der Waals surface area contributed by atoms with E-state index in [1.165, 1.54) is 24.0 Å². The van der Waals surface area contributed by atoms with Crippen LogP contribution in [0, 0.1) is 11.3 Å². The predicted octanol–water partition coefficient (Wildman–Crippen LogP) is 2.36. The van der Waals surface area contributed by atoms with Crippen molar-refractivity contribution in [3.05, 3.63) is 35.4 Å². The minimum absolute atomic E-state index is 0.00139. The fraction of sp³-hybridized carbons (Fsp3) is 0.600. The van der Waals surface area contributed by atoms with Crippen molar-refractivity contribution in [3.8, 4) is 6.07 Å². The highest BCUT2D eigenvalue weighted by Gasteiger charge is 2.36. The van der Waals surface area contributed by atoms with Gasteiger partial charge in [0.25, 0.3) is 5.91 Å². The molecule has 1 saturated carbocycles. The second-order valence-corrected chi connectivity index (χ2v) is 7.42.